The summed E-state index contributed by atoms with van der Waals surface area (Å²) in [5.74, 6) is 0.241. The van der Waals surface area contributed by atoms with Gasteiger partial charge in [-0.05, 0) is 37.1 Å². The molecular weight excluding hydrogens is 358 g/mol. The van der Waals surface area contributed by atoms with Gasteiger partial charge in [0.1, 0.15) is 5.75 Å². The number of carbonyl (C=O) groups is 1. The monoisotopic (exact) mass is 385 g/mol. The average Bonchev–Trinajstić information content (AvgIpc) is 2.60. The lowest BCUT2D eigenvalue weighted by atomic mass is 10.1. The molecule has 0 radical (unpaired) electrons. The van der Waals surface area contributed by atoms with Crippen LogP contribution in [-0.4, -0.2) is 72.3 Å². The molecule has 26 heavy (non-hydrogen) atoms. The fourth-order valence-corrected chi connectivity index (χ4v) is 4.36. The summed E-state index contributed by atoms with van der Waals surface area (Å²) < 4.78 is 37.9. The molecule has 1 aliphatic heterocycles. The molecule has 1 aliphatic rings. The molecule has 0 bridgehead atoms. The first-order valence-electron chi connectivity index (χ1n) is 8.55. The van der Waals surface area contributed by atoms with Crippen LogP contribution < -0.4 is 14.8 Å². The van der Waals surface area contributed by atoms with Crippen molar-refractivity contribution >= 4 is 15.9 Å². The predicted octanol–water partition coefficient (Wildman–Crippen LogP) is 0.0387. The summed E-state index contributed by atoms with van der Waals surface area (Å²) in [6, 6.07) is 3.31. The number of hydrogen-bond acceptors (Lipinski definition) is 6. The molecule has 0 unspecified atom stereocenters. The van der Waals surface area contributed by atoms with Gasteiger partial charge in [0.25, 0.3) is 0 Å². The molecule has 0 spiro atoms. The van der Waals surface area contributed by atoms with E-state index in [2.05, 4.69) is 14.9 Å². The van der Waals surface area contributed by atoms with Crippen molar-refractivity contribution in [3.8, 4) is 5.75 Å². The highest BCUT2D eigenvalue weighted by atomic mass is 32.2. The van der Waals surface area contributed by atoms with Gasteiger partial charge in [0.2, 0.25) is 15.9 Å². The number of nitrogens with one attached hydrogen (secondary N) is 2. The number of benzene rings is 1. The van der Waals surface area contributed by atoms with Gasteiger partial charge in [-0.25, -0.2) is 13.1 Å². The fraction of sp³-hybridized carbons (Fsp3) is 0.588. The van der Waals surface area contributed by atoms with Crippen LogP contribution in [0.25, 0.3) is 0 Å². The molecule has 0 aliphatic carbocycles. The highest BCUT2D eigenvalue weighted by Gasteiger charge is 2.21. The Morgan fingerprint density at radius 2 is 1.85 bits per heavy atom. The standard InChI is InChI=1S/C17H27N3O5S/c1-13-10-15(24-3)11-14(2)17(13)26(22,23)19-12-16(21)18-4-5-20-6-8-25-9-7-20/h10-11,19H,4-9,12H2,1-3H3,(H,18,21). The summed E-state index contributed by atoms with van der Waals surface area (Å²) in [6.45, 7) is 7.40. The van der Waals surface area contributed by atoms with Crippen molar-refractivity contribution in [2.75, 3.05) is 53.0 Å². The zero-order chi connectivity index (χ0) is 19.2. The lowest BCUT2D eigenvalue weighted by molar-refractivity contribution is -0.120. The zero-order valence-corrected chi connectivity index (χ0v) is 16.3. The lowest BCUT2D eigenvalue weighted by Crippen LogP contribution is -2.43. The number of sulfonamides is 1. The molecule has 9 heteroatoms. The van der Waals surface area contributed by atoms with Gasteiger partial charge < -0.3 is 14.8 Å². The Kier molecular flexibility index (Phi) is 7.39. The van der Waals surface area contributed by atoms with E-state index in [4.69, 9.17) is 9.47 Å². The number of carbonyl (C=O) groups excluding carboxylic acids is 1. The van der Waals surface area contributed by atoms with Crippen LogP contribution in [0.2, 0.25) is 0 Å². The molecule has 8 nitrogen and oxygen atoms in total. The Hall–Kier alpha value is -1.68. The van der Waals surface area contributed by atoms with Crippen LogP contribution in [0.3, 0.4) is 0 Å². The first-order valence-corrected chi connectivity index (χ1v) is 10.0. The van der Waals surface area contributed by atoms with E-state index in [1.165, 1.54) is 7.11 Å². The highest BCUT2D eigenvalue weighted by molar-refractivity contribution is 7.89. The van der Waals surface area contributed by atoms with E-state index in [0.29, 0.717) is 36.6 Å². The predicted molar refractivity (Wildman–Crippen MR) is 97.9 cm³/mol. The smallest absolute Gasteiger partial charge is 0.241 e. The molecule has 1 saturated heterocycles. The minimum absolute atomic E-state index is 0.180. The van der Waals surface area contributed by atoms with E-state index in [-0.39, 0.29) is 17.3 Å². The van der Waals surface area contributed by atoms with Crippen molar-refractivity contribution in [2.45, 2.75) is 18.7 Å². The quantitative estimate of drug-likeness (QED) is 0.656. The largest absolute Gasteiger partial charge is 0.497 e. The minimum atomic E-state index is -3.78. The molecule has 1 fully saturated rings. The zero-order valence-electron chi connectivity index (χ0n) is 15.5. The van der Waals surface area contributed by atoms with Crippen LogP contribution in [0.15, 0.2) is 17.0 Å². The van der Waals surface area contributed by atoms with Crippen LogP contribution in [0.5, 0.6) is 5.75 Å². The summed E-state index contributed by atoms with van der Waals surface area (Å²) in [7, 11) is -2.25. The van der Waals surface area contributed by atoms with E-state index in [9.17, 15) is 13.2 Å². The van der Waals surface area contributed by atoms with Gasteiger partial charge in [-0.2, -0.15) is 0 Å². The molecule has 2 rings (SSSR count). The molecule has 1 amide bonds. The van der Waals surface area contributed by atoms with Crippen LogP contribution >= 0.6 is 0 Å². The van der Waals surface area contributed by atoms with Gasteiger partial charge >= 0.3 is 0 Å². The third-order valence-corrected chi connectivity index (χ3v) is 5.92. The van der Waals surface area contributed by atoms with Crippen molar-refractivity contribution in [1.29, 1.82) is 0 Å². The first-order chi connectivity index (χ1) is 12.3. The van der Waals surface area contributed by atoms with Crippen molar-refractivity contribution in [3.63, 3.8) is 0 Å². The van der Waals surface area contributed by atoms with E-state index in [1.54, 1.807) is 26.0 Å². The van der Waals surface area contributed by atoms with Gasteiger partial charge in [0, 0.05) is 26.2 Å². The Morgan fingerprint density at radius 3 is 2.42 bits per heavy atom. The van der Waals surface area contributed by atoms with E-state index in [1.807, 2.05) is 0 Å². The number of methoxy groups -OCH3 is 1. The van der Waals surface area contributed by atoms with E-state index < -0.39 is 10.0 Å². The Morgan fingerprint density at radius 1 is 1.23 bits per heavy atom. The molecule has 0 saturated carbocycles. The van der Waals surface area contributed by atoms with Gasteiger partial charge in [-0.1, -0.05) is 0 Å². The van der Waals surface area contributed by atoms with Crippen LogP contribution in [0, 0.1) is 13.8 Å². The lowest BCUT2D eigenvalue weighted by Gasteiger charge is -2.26. The van der Waals surface area contributed by atoms with Crippen LogP contribution in [0.1, 0.15) is 11.1 Å². The maximum Gasteiger partial charge on any atom is 0.241 e. The first kappa shape index (κ1) is 20.6. The van der Waals surface area contributed by atoms with Crippen molar-refractivity contribution in [2.24, 2.45) is 0 Å². The third kappa shape index (κ3) is 5.66. The number of morpholine rings is 1. The molecule has 1 heterocycles. The topological polar surface area (TPSA) is 97.0 Å². The van der Waals surface area contributed by atoms with E-state index >= 15 is 0 Å². The molecule has 1 aromatic rings. The summed E-state index contributed by atoms with van der Waals surface area (Å²) in [4.78, 5) is 14.3. The van der Waals surface area contributed by atoms with Gasteiger partial charge in [0.05, 0.1) is 31.8 Å². The molecule has 2 N–H and O–H groups in total. The molecular formula is C17H27N3O5S. The molecule has 0 aromatic heterocycles. The minimum Gasteiger partial charge on any atom is -0.497 e. The summed E-state index contributed by atoms with van der Waals surface area (Å²) in [5, 5.41) is 2.73. The Bertz CT molecular complexity index is 707. The van der Waals surface area contributed by atoms with E-state index in [0.717, 1.165) is 19.6 Å². The Labute approximate surface area is 154 Å². The molecule has 1 aromatic carbocycles. The number of nitrogens with zero attached hydrogens (tertiary/aromatic N) is 1. The number of hydrogen-bond donors (Lipinski definition) is 2. The van der Waals surface area contributed by atoms with Crippen LogP contribution in [-0.2, 0) is 19.6 Å². The Balaban J connectivity index is 1.86. The number of rotatable bonds is 8. The number of amides is 1. The third-order valence-electron chi connectivity index (χ3n) is 4.21. The normalized spacial score (nSPS) is 15.7. The fourth-order valence-electron chi connectivity index (χ4n) is 2.93. The van der Waals surface area contributed by atoms with Crippen LogP contribution in [0.4, 0.5) is 0 Å². The van der Waals surface area contributed by atoms with Crippen molar-refractivity contribution < 1.29 is 22.7 Å². The number of ether oxygens (including phenoxy) is 2. The van der Waals surface area contributed by atoms with Gasteiger partial charge in [-0.15, -0.1) is 0 Å². The highest BCUT2D eigenvalue weighted by Crippen LogP contribution is 2.25. The summed E-state index contributed by atoms with van der Waals surface area (Å²) in [6.07, 6.45) is 0. The average molecular weight is 385 g/mol. The second kappa shape index (κ2) is 9.31. The summed E-state index contributed by atoms with van der Waals surface area (Å²) in [5.41, 5.74) is 1.14. The number of aryl methyl sites for hydroxylation is 2. The van der Waals surface area contributed by atoms with Crippen molar-refractivity contribution in [1.82, 2.24) is 14.9 Å². The van der Waals surface area contributed by atoms with Gasteiger partial charge in [-0.3, -0.25) is 9.69 Å². The second-order valence-electron chi connectivity index (χ2n) is 6.22. The van der Waals surface area contributed by atoms with Crippen molar-refractivity contribution in [3.05, 3.63) is 23.3 Å². The maximum atomic E-state index is 12.5. The SMILES string of the molecule is COc1cc(C)c(S(=O)(=O)NCC(=O)NCCN2CCOCC2)c(C)c1. The van der Waals surface area contributed by atoms with Gasteiger partial charge in [0.15, 0.2) is 0 Å². The molecule has 146 valence electrons. The second-order valence-corrected chi connectivity index (χ2v) is 7.92. The molecule has 0 atom stereocenters. The maximum absolute atomic E-state index is 12.5. The summed E-state index contributed by atoms with van der Waals surface area (Å²) >= 11 is 0.